The van der Waals surface area contributed by atoms with Crippen LogP contribution < -0.4 is 5.32 Å². The molecule has 1 N–H and O–H groups in total. The second kappa shape index (κ2) is 7.03. The van der Waals surface area contributed by atoms with E-state index in [2.05, 4.69) is 15.5 Å². The third-order valence-electron chi connectivity index (χ3n) is 5.19. The molecule has 1 aliphatic carbocycles. The average molecular weight is 355 g/mol. The van der Waals surface area contributed by atoms with Crippen molar-refractivity contribution in [3.05, 3.63) is 30.0 Å². The predicted octanol–water partition coefficient (Wildman–Crippen LogP) is 2.55. The quantitative estimate of drug-likeness (QED) is 0.732. The first-order valence-corrected chi connectivity index (χ1v) is 9.10. The van der Waals surface area contributed by atoms with Crippen molar-refractivity contribution in [1.82, 2.24) is 29.5 Å². The van der Waals surface area contributed by atoms with E-state index in [0.717, 1.165) is 41.2 Å². The predicted molar refractivity (Wildman–Crippen MR) is 99.0 cm³/mol. The van der Waals surface area contributed by atoms with Gasteiger partial charge in [-0.1, -0.05) is 12.8 Å². The summed E-state index contributed by atoms with van der Waals surface area (Å²) in [5.74, 6) is 2.17. The van der Waals surface area contributed by atoms with Gasteiger partial charge in [-0.05, 0) is 18.9 Å². The summed E-state index contributed by atoms with van der Waals surface area (Å²) >= 11 is 0. The zero-order valence-corrected chi connectivity index (χ0v) is 15.5. The summed E-state index contributed by atoms with van der Waals surface area (Å²) in [6, 6.07) is 1.94. The van der Waals surface area contributed by atoms with Gasteiger partial charge in [0.05, 0.1) is 29.9 Å². The van der Waals surface area contributed by atoms with Crippen LogP contribution in [0.2, 0.25) is 0 Å². The van der Waals surface area contributed by atoms with Gasteiger partial charge in [-0.2, -0.15) is 10.2 Å². The van der Waals surface area contributed by atoms with Gasteiger partial charge in [0.2, 0.25) is 0 Å². The Hall–Kier alpha value is -2.48. The van der Waals surface area contributed by atoms with Crippen LogP contribution in [0.15, 0.2) is 18.5 Å². The highest BCUT2D eigenvalue weighted by molar-refractivity contribution is 5.86. The van der Waals surface area contributed by atoms with Gasteiger partial charge in [-0.15, -0.1) is 0 Å². The van der Waals surface area contributed by atoms with Gasteiger partial charge in [0.1, 0.15) is 11.6 Å². The molecule has 1 saturated carbocycles. The molecule has 0 aromatic carbocycles. The summed E-state index contributed by atoms with van der Waals surface area (Å²) in [4.78, 5) is 9.71. The van der Waals surface area contributed by atoms with Crippen LogP contribution >= 0.6 is 0 Å². The van der Waals surface area contributed by atoms with Crippen LogP contribution in [0.3, 0.4) is 0 Å². The van der Waals surface area contributed by atoms with Crippen molar-refractivity contribution < 1.29 is 4.74 Å². The number of nitrogens with zero attached hydrogens (tertiary/aromatic N) is 6. The molecule has 0 amide bonds. The molecular weight excluding hydrogens is 330 g/mol. The number of anilines is 1. The first kappa shape index (κ1) is 17.0. The smallest absolute Gasteiger partial charge is 0.163 e. The molecule has 3 heterocycles. The van der Waals surface area contributed by atoms with Crippen molar-refractivity contribution >= 4 is 16.9 Å². The molecule has 0 unspecified atom stereocenters. The number of nitrogens with one attached hydrogen (secondary N) is 1. The van der Waals surface area contributed by atoms with E-state index in [1.165, 1.54) is 12.8 Å². The van der Waals surface area contributed by atoms with E-state index >= 15 is 0 Å². The number of hydrogen-bond acceptors (Lipinski definition) is 6. The topological polar surface area (TPSA) is 82.7 Å². The Morgan fingerprint density at radius 3 is 2.69 bits per heavy atom. The lowest BCUT2D eigenvalue weighted by molar-refractivity contribution is 0.184. The Morgan fingerprint density at radius 2 is 2.00 bits per heavy atom. The number of hydrogen-bond donors (Lipinski definition) is 1. The molecule has 0 bridgehead atoms. The maximum absolute atomic E-state index is 5.43. The van der Waals surface area contributed by atoms with Crippen molar-refractivity contribution in [3.63, 3.8) is 0 Å². The standard InChI is InChI=1S/C18H25N7O/c1-24-15(8-9-19-24)14(11-26-3)21-17-13-10-20-25(2)18(13)23-16(22-17)12-6-4-5-7-12/h8-10,12,14H,4-7,11H2,1-3H3,(H,21,22,23)/t14-/m0/s1. The SMILES string of the molecule is COC[C@H](Nc1nc(C2CCCC2)nc2c1cnn2C)c1ccnn1C. The molecule has 8 nitrogen and oxygen atoms in total. The highest BCUT2D eigenvalue weighted by atomic mass is 16.5. The van der Waals surface area contributed by atoms with E-state index in [0.29, 0.717) is 12.5 Å². The molecule has 0 radical (unpaired) electrons. The fourth-order valence-electron chi connectivity index (χ4n) is 3.77. The lowest BCUT2D eigenvalue weighted by atomic mass is 10.1. The van der Waals surface area contributed by atoms with Crippen LogP contribution in [-0.2, 0) is 18.8 Å². The average Bonchev–Trinajstić information content (AvgIpc) is 3.36. The minimum absolute atomic E-state index is 0.0535. The molecule has 0 spiro atoms. The molecule has 3 aromatic rings. The molecule has 1 atom stereocenters. The van der Waals surface area contributed by atoms with Crippen molar-refractivity contribution in [2.75, 3.05) is 19.0 Å². The monoisotopic (exact) mass is 355 g/mol. The molecule has 0 aliphatic heterocycles. The minimum atomic E-state index is -0.0535. The van der Waals surface area contributed by atoms with Crippen LogP contribution in [0.5, 0.6) is 0 Å². The normalized spacial score (nSPS) is 16.4. The highest BCUT2D eigenvalue weighted by Crippen LogP contribution is 2.34. The number of ether oxygens (including phenoxy) is 1. The summed E-state index contributed by atoms with van der Waals surface area (Å²) in [6.07, 6.45) is 8.44. The largest absolute Gasteiger partial charge is 0.382 e. The van der Waals surface area contributed by atoms with Crippen LogP contribution in [0.4, 0.5) is 5.82 Å². The van der Waals surface area contributed by atoms with Crippen LogP contribution in [0, 0.1) is 0 Å². The highest BCUT2D eigenvalue weighted by Gasteiger charge is 2.24. The molecule has 8 heteroatoms. The fourth-order valence-corrected chi connectivity index (χ4v) is 3.77. The van der Waals surface area contributed by atoms with Crippen molar-refractivity contribution in [2.24, 2.45) is 14.1 Å². The molecule has 1 fully saturated rings. The summed E-state index contributed by atoms with van der Waals surface area (Å²) < 4.78 is 9.11. The molecule has 3 aromatic heterocycles. The van der Waals surface area contributed by atoms with E-state index in [1.54, 1.807) is 13.3 Å². The van der Waals surface area contributed by atoms with Gasteiger partial charge >= 0.3 is 0 Å². The zero-order valence-electron chi connectivity index (χ0n) is 15.5. The second-order valence-electron chi connectivity index (χ2n) is 6.95. The molecule has 0 saturated heterocycles. The second-order valence-corrected chi connectivity index (χ2v) is 6.95. The maximum Gasteiger partial charge on any atom is 0.163 e. The Kier molecular flexibility index (Phi) is 4.58. The lowest BCUT2D eigenvalue weighted by Gasteiger charge is -2.20. The third kappa shape index (κ3) is 3.05. The van der Waals surface area contributed by atoms with E-state index in [-0.39, 0.29) is 6.04 Å². The number of fused-ring (bicyclic) bond motifs is 1. The molecule has 26 heavy (non-hydrogen) atoms. The van der Waals surface area contributed by atoms with Crippen LogP contribution in [-0.4, -0.2) is 43.2 Å². The Balaban J connectivity index is 1.75. The van der Waals surface area contributed by atoms with E-state index in [9.17, 15) is 0 Å². The Bertz CT molecular complexity index is 894. The summed E-state index contributed by atoms with van der Waals surface area (Å²) in [6.45, 7) is 0.518. The van der Waals surface area contributed by atoms with Gasteiger partial charge in [0.15, 0.2) is 5.65 Å². The molecule has 1 aliphatic rings. The van der Waals surface area contributed by atoms with Crippen molar-refractivity contribution in [2.45, 2.75) is 37.6 Å². The summed E-state index contributed by atoms with van der Waals surface area (Å²) in [5.41, 5.74) is 1.91. The fraction of sp³-hybridized carbons (Fsp3) is 0.556. The lowest BCUT2D eigenvalue weighted by Crippen LogP contribution is -2.21. The number of aromatic nitrogens is 6. The third-order valence-corrected chi connectivity index (χ3v) is 5.19. The zero-order chi connectivity index (χ0) is 18.1. The number of rotatable bonds is 6. The van der Waals surface area contributed by atoms with Crippen molar-refractivity contribution in [1.29, 1.82) is 0 Å². The van der Waals surface area contributed by atoms with Crippen LogP contribution in [0.1, 0.15) is 49.2 Å². The summed E-state index contributed by atoms with van der Waals surface area (Å²) in [5, 5.41) is 13.1. The Labute approximate surface area is 152 Å². The minimum Gasteiger partial charge on any atom is -0.382 e. The Morgan fingerprint density at radius 1 is 1.19 bits per heavy atom. The molecule has 4 rings (SSSR count). The van der Waals surface area contributed by atoms with E-state index < -0.39 is 0 Å². The van der Waals surface area contributed by atoms with E-state index in [1.807, 2.05) is 35.7 Å². The van der Waals surface area contributed by atoms with Crippen LogP contribution in [0.25, 0.3) is 11.0 Å². The van der Waals surface area contributed by atoms with Crippen molar-refractivity contribution in [3.8, 4) is 0 Å². The maximum atomic E-state index is 5.43. The molecular formula is C18H25N7O. The van der Waals surface area contributed by atoms with Gasteiger partial charge < -0.3 is 10.1 Å². The first-order chi connectivity index (χ1) is 12.7. The van der Waals surface area contributed by atoms with Gasteiger partial charge in [-0.3, -0.25) is 9.36 Å². The summed E-state index contributed by atoms with van der Waals surface area (Å²) in [7, 11) is 5.56. The van der Waals surface area contributed by atoms with Gasteiger partial charge in [0, 0.05) is 33.3 Å². The molecule has 138 valence electrons. The van der Waals surface area contributed by atoms with E-state index in [4.69, 9.17) is 14.7 Å². The number of aryl methyl sites for hydroxylation is 2. The first-order valence-electron chi connectivity index (χ1n) is 9.10. The van der Waals surface area contributed by atoms with Gasteiger partial charge in [-0.25, -0.2) is 9.97 Å². The number of methoxy groups -OCH3 is 1. The van der Waals surface area contributed by atoms with Gasteiger partial charge in [0.25, 0.3) is 0 Å².